The number of nitrogen functional groups attached to an aromatic ring is 1. The van der Waals surface area contributed by atoms with Crippen molar-refractivity contribution in [2.45, 2.75) is 38.8 Å². The Kier molecular flexibility index (Phi) is 6.41. The van der Waals surface area contributed by atoms with Gasteiger partial charge in [0, 0.05) is 18.2 Å². The molecule has 0 bridgehead atoms. The zero-order valence-corrected chi connectivity index (χ0v) is 20.5. The van der Waals surface area contributed by atoms with Crippen LogP contribution in [0.2, 0.25) is 0 Å². The van der Waals surface area contributed by atoms with E-state index in [-0.39, 0.29) is 18.0 Å². The van der Waals surface area contributed by atoms with Gasteiger partial charge in [-0.3, -0.25) is 4.79 Å². The highest BCUT2D eigenvalue weighted by molar-refractivity contribution is 5.98. The Labute approximate surface area is 210 Å². The van der Waals surface area contributed by atoms with E-state index < -0.39 is 0 Å². The minimum Gasteiger partial charge on any atom is -0.457 e. The van der Waals surface area contributed by atoms with Gasteiger partial charge in [0.25, 0.3) is 0 Å². The summed E-state index contributed by atoms with van der Waals surface area (Å²) in [6.07, 6.45) is 4.62. The number of benzene rings is 2. The van der Waals surface area contributed by atoms with Crippen molar-refractivity contribution < 1.29 is 9.53 Å². The Morgan fingerprint density at radius 1 is 1.08 bits per heavy atom. The van der Waals surface area contributed by atoms with Crippen molar-refractivity contribution in [3.63, 3.8) is 0 Å². The van der Waals surface area contributed by atoms with Gasteiger partial charge in [0.15, 0.2) is 5.65 Å². The number of hydrogen-bond acceptors (Lipinski definition) is 6. The molecule has 184 valence electrons. The number of ether oxygens (including phenoxy) is 1. The number of carbonyl (C=O) groups excluding carboxylic acids is 1. The zero-order chi connectivity index (χ0) is 25.2. The maximum atomic E-state index is 12.7. The van der Waals surface area contributed by atoms with Crippen LogP contribution in [0.3, 0.4) is 0 Å². The van der Waals surface area contributed by atoms with Crippen LogP contribution in [0.4, 0.5) is 5.82 Å². The molecule has 8 nitrogen and oxygen atoms in total. The number of hydrogen-bond donors (Lipinski definition) is 1. The van der Waals surface area contributed by atoms with Crippen molar-refractivity contribution in [2.75, 3.05) is 12.3 Å². The highest BCUT2D eigenvalue weighted by atomic mass is 16.5. The molecular weight excluding hydrogens is 452 g/mol. The van der Waals surface area contributed by atoms with Gasteiger partial charge in [-0.05, 0) is 61.2 Å². The molecule has 1 aliphatic heterocycles. The molecule has 1 saturated heterocycles. The summed E-state index contributed by atoms with van der Waals surface area (Å²) in [5.74, 6) is 2.17. The van der Waals surface area contributed by atoms with E-state index in [1.165, 1.54) is 12.4 Å². The summed E-state index contributed by atoms with van der Waals surface area (Å²) >= 11 is 0. The van der Waals surface area contributed by atoms with Gasteiger partial charge >= 0.3 is 0 Å². The summed E-state index contributed by atoms with van der Waals surface area (Å²) in [5, 5.41) is 5.69. The second kappa shape index (κ2) is 9.81. The van der Waals surface area contributed by atoms with Gasteiger partial charge in [0.2, 0.25) is 5.91 Å². The average molecular weight is 483 g/mol. The van der Waals surface area contributed by atoms with E-state index in [9.17, 15) is 4.79 Å². The molecule has 3 heterocycles. The summed E-state index contributed by atoms with van der Waals surface area (Å²) in [6.45, 7) is 8.54. The van der Waals surface area contributed by atoms with E-state index >= 15 is 0 Å². The van der Waals surface area contributed by atoms with Crippen LogP contribution in [0.5, 0.6) is 11.5 Å². The van der Waals surface area contributed by atoms with Gasteiger partial charge in [0.05, 0.1) is 11.4 Å². The van der Waals surface area contributed by atoms with Crippen molar-refractivity contribution >= 4 is 22.8 Å². The topological polar surface area (TPSA) is 99.2 Å². The Morgan fingerprint density at radius 2 is 1.81 bits per heavy atom. The van der Waals surface area contributed by atoms with Crippen LogP contribution in [0, 0.1) is 5.92 Å². The first-order valence-electron chi connectivity index (χ1n) is 12.2. The van der Waals surface area contributed by atoms with Gasteiger partial charge in [-0.2, -0.15) is 5.10 Å². The van der Waals surface area contributed by atoms with E-state index in [2.05, 4.69) is 30.4 Å². The molecule has 1 unspecified atom stereocenters. The molecular formula is C28H30N6O2. The quantitative estimate of drug-likeness (QED) is 0.377. The second-order valence-electron chi connectivity index (χ2n) is 9.43. The summed E-state index contributed by atoms with van der Waals surface area (Å²) in [5.41, 5.74) is 8.58. The Balaban J connectivity index is 1.50. The molecule has 2 N–H and O–H groups in total. The normalized spacial score (nSPS) is 17.9. The largest absolute Gasteiger partial charge is 0.457 e. The molecule has 2 aromatic heterocycles. The molecule has 1 fully saturated rings. The molecule has 2 atom stereocenters. The third-order valence-corrected chi connectivity index (χ3v) is 6.80. The fourth-order valence-electron chi connectivity index (χ4n) is 4.99. The Hall–Kier alpha value is -4.20. The van der Waals surface area contributed by atoms with Crippen molar-refractivity contribution in [3.8, 4) is 22.8 Å². The van der Waals surface area contributed by atoms with Crippen molar-refractivity contribution in [3.05, 3.63) is 73.6 Å². The van der Waals surface area contributed by atoms with Crippen molar-refractivity contribution in [1.82, 2.24) is 24.6 Å². The molecule has 4 aromatic rings. The monoisotopic (exact) mass is 482 g/mol. The molecule has 36 heavy (non-hydrogen) atoms. The van der Waals surface area contributed by atoms with Crippen LogP contribution in [0.1, 0.15) is 32.7 Å². The molecule has 1 amide bonds. The van der Waals surface area contributed by atoms with E-state index in [0.717, 1.165) is 29.9 Å². The molecule has 8 heteroatoms. The van der Waals surface area contributed by atoms with Gasteiger partial charge < -0.3 is 15.4 Å². The maximum absolute atomic E-state index is 12.7. The number of fused-ring (bicyclic) bond motifs is 1. The molecule has 1 aliphatic rings. The summed E-state index contributed by atoms with van der Waals surface area (Å²) in [7, 11) is 0. The fourth-order valence-corrected chi connectivity index (χ4v) is 4.99. The summed E-state index contributed by atoms with van der Waals surface area (Å²) < 4.78 is 7.85. The minimum atomic E-state index is -0.0572. The average Bonchev–Trinajstić information content (AvgIpc) is 3.30. The number of carbonyl (C=O) groups is 1. The molecule has 0 saturated carbocycles. The molecule has 0 radical (unpaired) electrons. The van der Waals surface area contributed by atoms with Gasteiger partial charge in [-0.1, -0.05) is 38.6 Å². The molecule has 2 aromatic carbocycles. The van der Waals surface area contributed by atoms with Crippen LogP contribution in [-0.2, 0) is 4.79 Å². The minimum absolute atomic E-state index is 0.0323. The number of nitrogens with zero attached hydrogens (tertiary/aromatic N) is 5. The van der Waals surface area contributed by atoms with E-state index in [1.807, 2.05) is 64.2 Å². The van der Waals surface area contributed by atoms with Crippen LogP contribution in [-0.4, -0.2) is 43.1 Å². The fraction of sp³-hybridized carbons (Fsp3) is 0.286. The highest BCUT2D eigenvalue weighted by Gasteiger charge is 2.34. The van der Waals surface area contributed by atoms with E-state index in [0.29, 0.717) is 35.0 Å². The maximum Gasteiger partial charge on any atom is 0.246 e. The Bertz CT molecular complexity index is 1380. The van der Waals surface area contributed by atoms with Crippen LogP contribution >= 0.6 is 0 Å². The summed E-state index contributed by atoms with van der Waals surface area (Å²) in [6, 6.07) is 17.5. The zero-order valence-electron chi connectivity index (χ0n) is 20.5. The first-order chi connectivity index (χ1) is 17.5. The van der Waals surface area contributed by atoms with E-state index in [1.54, 1.807) is 0 Å². The third kappa shape index (κ3) is 4.42. The first-order valence-corrected chi connectivity index (χ1v) is 12.2. The highest BCUT2D eigenvalue weighted by Crippen LogP contribution is 2.36. The SMILES string of the molecule is C=CC(=O)N1C[C@H](n2nc(-c3ccc(Oc4ccccc4)cc3)c3c(N)ncnc32)CCC1C(C)C. The van der Waals surface area contributed by atoms with Crippen LogP contribution in [0.15, 0.2) is 73.6 Å². The van der Waals surface area contributed by atoms with Crippen molar-refractivity contribution in [2.24, 2.45) is 5.92 Å². The molecule has 0 spiro atoms. The second-order valence-corrected chi connectivity index (χ2v) is 9.43. The first kappa shape index (κ1) is 23.5. The number of para-hydroxylation sites is 1. The molecule has 0 aliphatic carbocycles. The smallest absolute Gasteiger partial charge is 0.246 e. The number of likely N-dealkylation sites (tertiary alicyclic amines) is 1. The predicted molar refractivity (Wildman–Crippen MR) is 140 cm³/mol. The number of piperidine rings is 1. The third-order valence-electron chi connectivity index (χ3n) is 6.80. The standard InChI is InChI=1S/C28H30N6O2/c1-4-24(35)33-16-20(12-15-23(33)18(2)3)34-28-25(27(29)30-17-31-28)26(32-34)19-10-13-22(14-11-19)36-21-8-6-5-7-9-21/h4-11,13-14,17-18,20,23H,1,12,15-16H2,2-3H3,(H2,29,30,31)/t20-,23?/m1/s1. The lowest BCUT2D eigenvalue weighted by Crippen LogP contribution is -2.49. The molecule has 5 rings (SSSR count). The lowest BCUT2D eigenvalue weighted by molar-refractivity contribution is -0.131. The lowest BCUT2D eigenvalue weighted by Gasteiger charge is -2.41. The number of anilines is 1. The van der Waals surface area contributed by atoms with Crippen LogP contribution < -0.4 is 10.5 Å². The van der Waals surface area contributed by atoms with Crippen LogP contribution in [0.25, 0.3) is 22.3 Å². The number of amides is 1. The van der Waals surface area contributed by atoms with Gasteiger partial charge in [-0.25, -0.2) is 14.6 Å². The lowest BCUT2D eigenvalue weighted by atomic mass is 9.90. The number of rotatable bonds is 6. The number of nitrogens with two attached hydrogens (primary N) is 1. The number of aromatic nitrogens is 4. The summed E-state index contributed by atoms with van der Waals surface area (Å²) in [4.78, 5) is 23.4. The van der Waals surface area contributed by atoms with Crippen molar-refractivity contribution in [1.29, 1.82) is 0 Å². The predicted octanol–water partition coefficient (Wildman–Crippen LogP) is 5.24. The van der Waals surface area contributed by atoms with Gasteiger partial charge in [-0.15, -0.1) is 0 Å². The Morgan fingerprint density at radius 3 is 2.50 bits per heavy atom. The van der Waals surface area contributed by atoms with Gasteiger partial charge in [0.1, 0.15) is 29.3 Å². The van der Waals surface area contributed by atoms with E-state index in [4.69, 9.17) is 15.6 Å².